The van der Waals surface area contributed by atoms with Crippen molar-refractivity contribution < 1.29 is 13.9 Å². The minimum absolute atomic E-state index is 0.0244. The van der Waals surface area contributed by atoms with E-state index in [1.807, 2.05) is 0 Å². The zero-order valence-electron chi connectivity index (χ0n) is 14.3. The lowest BCUT2D eigenvalue weighted by Gasteiger charge is -2.08. The average Bonchev–Trinajstić information content (AvgIpc) is 2.41. The number of anilines is 2. The van der Waals surface area contributed by atoms with Crippen molar-refractivity contribution in [3.63, 3.8) is 0 Å². The van der Waals surface area contributed by atoms with Crippen molar-refractivity contribution in [2.24, 2.45) is 0 Å². The number of aryl methyl sites for hydroxylation is 2. The number of benzene rings is 1. The molecule has 0 aliphatic carbocycles. The summed E-state index contributed by atoms with van der Waals surface area (Å²) < 4.78 is 57.8. The Kier molecular flexibility index (Phi) is 2.26. The van der Waals surface area contributed by atoms with E-state index in [0.29, 0.717) is 11.5 Å². The van der Waals surface area contributed by atoms with E-state index in [1.54, 1.807) is 13.8 Å². The number of rotatable bonds is 3. The highest BCUT2D eigenvalue weighted by Crippen LogP contribution is 2.16. The summed E-state index contributed by atoms with van der Waals surface area (Å²) in [5, 5.41) is 0. The van der Waals surface area contributed by atoms with Crippen molar-refractivity contribution in [1.29, 1.82) is 0 Å². The van der Waals surface area contributed by atoms with E-state index in [0.717, 1.165) is 0 Å². The summed E-state index contributed by atoms with van der Waals surface area (Å²) in [6.07, 6.45) is 0. The van der Waals surface area contributed by atoms with Crippen LogP contribution in [-0.2, 0) is 10.0 Å². The number of nitrogens with two attached hydrogens (primary N) is 1. The lowest BCUT2D eigenvalue weighted by atomic mass is 10.3. The van der Waals surface area contributed by atoms with Crippen molar-refractivity contribution in [3.8, 4) is 0 Å². The van der Waals surface area contributed by atoms with Gasteiger partial charge in [0.2, 0.25) is 0 Å². The molecule has 7 heteroatoms. The van der Waals surface area contributed by atoms with Gasteiger partial charge in [-0.2, -0.15) is 0 Å². The number of sulfonamides is 1. The fourth-order valence-corrected chi connectivity index (χ4v) is 2.26. The summed E-state index contributed by atoms with van der Waals surface area (Å²) in [6, 6.07) is -1.31. The van der Waals surface area contributed by atoms with E-state index in [2.05, 4.69) is 14.7 Å². The number of nitrogens with zero attached hydrogens (tertiary/aromatic N) is 2. The van der Waals surface area contributed by atoms with Crippen LogP contribution in [0.5, 0.6) is 0 Å². The maximum Gasteiger partial charge on any atom is 0.263 e. The van der Waals surface area contributed by atoms with Gasteiger partial charge in [0.25, 0.3) is 10.0 Å². The highest BCUT2D eigenvalue weighted by atomic mass is 32.2. The SMILES string of the molecule is [2H]c1c([2H])c(S(=O)(=O)Nc2cc(C)nc(C)n2)c([2H])c([2H])c1N. The molecule has 2 aromatic rings. The normalized spacial score (nSPS) is 14.2. The second-order valence-corrected chi connectivity index (χ2v) is 5.41. The van der Waals surface area contributed by atoms with Gasteiger partial charge in [-0.25, -0.2) is 18.4 Å². The Hall–Kier alpha value is -2.15. The predicted molar refractivity (Wildman–Crippen MR) is 73.2 cm³/mol. The zero-order chi connectivity index (χ0) is 17.5. The van der Waals surface area contributed by atoms with Gasteiger partial charge in [-0.05, 0) is 38.0 Å². The first-order valence-corrected chi connectivity index (χ1v) is 6.74. The number of aromatic nitrogens is 2. The molecule has 0 unspecified atom stereocenters. The molecule has 1 aromatic heterocycles. The Morgan fingerprint density at radius 3 is 2.42 bits per heavy atom. The van der Waals surface area contributed by atoms with Gasteiger partial charge in [-0.15, -0.1) is 0 Å². The number of hydrogen-bond acceptors (Lipinski definition) is 5. The predicted octanol–water partition coefficient (Wildman–Crippen LogP) is 1.48. The number of nitrogens with one attached hydrogen (secondary N) is 1. The zero-order valence-corrected chi connectivity index (χ0v) is 11.1. The van der Waals surface area contributed by atoms with Crippen LogP contribution in [0.1, 0.15) is 17.0 Å². The molecule has 0 atom stereocenters. The number of hydrogen-bond donors (Lipinski definition) is 2. The summed E-state index contributed by atoms with van der Waals surface area (Å²) in [7, 11) is -4.38. The van der Waals surface area contributed by atoms with Crippen molar-refractivity contribution in [1.82, 2.24) is 9.97 Å². The van der Waals surface area contributed by atoms with Crippen LogP contribution < -0.4 is 10.5 Å². The third-order valence-corrected chi connectivity index (χ3v) is 3.31. The van der Waals surface area contributed by atoms with Crippen molar-refractivity contribution in [2.75, 3.05) is 10.5 Å². The van der Waals surface area contributed by atoms with Gasteiger partial charge in [-0.3, -0.25) is 4.72 Å². The second-order valence-electron chi connectivity index (χ2n) is 3.79. The fraction of sp³-hybridized carbons (Fsp3) is 0.167. The van der Waals surface area contributed by atoms with E-state index in [-0.39, 0.29) is 5.82 Å². The lowest BCUT2D eigenvalue weighted by Crippen LogP contribution is -2.14. The molecule has 0 saturated carbocycles. The van der Waals surface area contributed by atoms with Gasteiger partial charge in [0.15, 0.2) is 0 Å². The van der Waals surface area contributed by atoms with Crippen LogP contribution in [0.3, 0.4) is 0 Å². The van der Waals surface area contributed by atoms with E-state index < -0.39 is 44.8 Å². The van der Waals surface area contributed by atoms with Crippen molar-refractivity contribution >= 4 is 21.5 Å². The van der Waals surface area contributed by atoms with Crippen LogP contribution in [0.4, 0.5) is 11.5 Å². The largest absolute Gasteiger partial charge is 0.399 e. The van der Waals surface area contributed by atoms with E-state index in [1.165, 1.54) is 6.07 Å². The molecule has 0 radical (unpaired) electrons. The molecule has 6 nitrogen and oxygen atoms in total. The molecule has 1 aromatic carbocycles. The van der Waals surface area contributed by atoms with Crippen LogP contribution in [0.15, 0.2) is 35.1 Å². The minimum atomic E-state index is -4.38. The quantitative estimate of drug-likeness (QED) is 0.831. The lowest BCUT2D eigenvalue weighted by molar-refractivity contribution is 0.601. The first kappa shape index (κ1) is 8.87. The Morgan fingerprint density at radius 1 is 1.21 bits per heavy atom. The smallest absolute Gasteiger partial charge is 0.263 e. The first-order chi connectivity index (χ1) is 10.5. The topological polar surface area (TPSA) is 98.0 Å². The van der Waals surface area contributed by atoms with E-state index >= 15 is 0 Å². The molecule has 19 heavy (non-hydrogen) atoms. The maximum atomic E-state index is 12.5. The van der Waals surface area contributed by atoms with Gasteiger partial charge in [0.05, 0.1) is 10.4 Å². The molecule has 1 heterocycles. The Balaban J connectivity index is 2.61. The van der Waals surface area contributed by atoms with Gasteiger partial charge >= 0.3 is 0 Å². The first-order valence-electron chi connectivity index (χ1n) is 7.25. The van der Waals surface area contributed by atoms with Gasteiger partial charge < -0.3 is 5.73 Å². The third kappa shape index (κ3) is 3.19. The van der Waals surface area contributed by atoms with Gasteiger partial charge in [-0.1, -0.05) is 0 Å². The molecule has 0 bridgehead atoms. The van der Waals surface area contributed by atoms with Crippen molar-refractivity contribution in [2.45, 2.75) is 18.7 Å². The summed E-state index contributed by atoms with van der Waals surface area (Å²) in [4.78, 5) is 7.16. The van der Waals surface area contributed by atoms with Crippen LogP contribution in [0.2, 0.25) is 0 Å². The summed E-state index contributed by atoms with van der Waals surface area (Å²) in [5.74, 6) is 0.322. The Morgan fingerprint density at radius 2 is 1.84 bits per heavy atom. The van der Waals surface area contributed by atoms with Crippen LogP contribution >= 0.6 is 0 Å². The van der Waals surface area contributed by atoms with Crippen LogP contribution in [-0.4, -0.2) is 18.4 Å². The minimum Gasteiger partial charge on any atom is -0.399 e. The monoisotopic (exact) mass is 282 g/mol. The van der Waals surface area contributed by atoms with E-state index in [9.17, 15) is 8.42 Å². The molecule has 100 valence electrons. The molecule has 0 spiro atoms. The van der Waals surface area contributed by atoms with Crippen molar-refractivity contribution in [3.05, 3.63) is 41.8 Å². The fourth-order valence-electron chi connectivity index (χ4n) is 1.40. The summed E-state index contributed by atoms with van der Waals surface area (Å²) in [5.41, 5.74) is 5.56. The van der Waals surface area contributed by atoms with Gasteiger partial charge in [0.1, 0.15) is 11.6 Å². The molecule has 3 N–H and O–H groups in total. The molecular formula is C12H14N4O2S. The summed E-state index contributed by atoms with van der Waals surface area (Å²) in [6.45, 7) is 3.25. The Bertz CT molecular complexity index is 853. The summed E-state index contributed by atoms with van der Waals surface area (Å²) >= 11 is 0. The van der Waals surface area contributed by atoms with Crippen LogP contribution in [0, 0.1) is 13.8 Å². The third-order valence-electron chi connectivity index (χ3n) is 2.10. The molecule has 0 amide bonds. The Labute approximate surface area is 117 Å². The van der Waals surface area contributed by atoms with E-state index in [4.69, 9.17) is 11.2 Å². The molecular weight excluding hydrogens is 264 g/mol. The molecule has 0 fully saturated rings. The molecule has 2 rings (SSSR count). The highest BCUT2D eigenvalue weighted by molar-refractivity contribution is 7.92. The van der Waals surface area contributed by atoms with Crippen LogP contribution in [0.25, 0.3) is 0 Å². The molecule has 0 aliphatic rings. The average molecular weight is 282 g/mol. The van der Waals surface area contributed by atoms with Gasteiger partial charge in [0, 0.05) is 17.4 Å². The standard InChI is InChI=1S/C12H14N4O2S/c1-8-7-12(15-9(2)14-8)16-19(17,18)11-5-3-10(13)4-6-11/h3-7H,13H2,1-2H3,(H,14,15,16)/i3D,4D,5D,6D. The maximum absolute atomic E-state index is 12.5. The molecule has 0 saturated heterocycles. The number of nitrogen functional groups attached to an aromatic ring is 1. The second kappa shape index (κ2) is 4.85. The molecule has 0 aliphatic heterocycles. The highest BCUT2D eigenvalue weighted by Gasteiger charge is 2.15.